The Morgan fingerprint density at radius 2 is 1.90 bits per heavy atom. The third kappa shape index (κ3) is 3.74. The van der Waals surface area contributed by atoms with Crippen molar-refractivity contribution in [2.45, 2.75) is 6.42 Å². The smallest absolute Gasteiger partial charge is 0.271 e. The van der Waals surface area contributed by atoms with Gasteiger partial charge in [0, 0.05) is 13.6 Å². The maximum atomic E-state index is 12.7. The molecule has 0 bridgehead atoms. The van der Waals surface area contributed by atoms with Crippen molar-refractivity contribution in [1.29, 1.82) is 0 Å². The number of carbonyl (C=O) groups excluding carboxylic acids is 1. The topological polar surface area (TPSA) is 66.9 Å². The second-order valence-corrected chi connectivity index (χ2v) is 4.19. The van der Waals surface area contributed by atoms with E-state index in [9.17, 15) is 9.18 Å². The van der Waals surface area contributed by atoms with Crippen molar-refractivity contribution in [3.8, 4) is 0 Å². The minimum absolute atomic E-state index is 0.266. The van der Waals surface area contributed by atoms with Crippen molar-refractivity contribution < 1.29 is 9.18 Å². The third-order valence-corrected chi connectivity index (χ3v) is 2.77. The largest absolute Gasteiger partial charge is 0.372 e. The first kappa shape index (κ1) is 13.9. The first-order valence-corrected chi connectivity index (χ1v) is 6.23. The van der Waals surface area contributed by atoms with Crippen LogP contribution in [0.25, 0.3) is 0 Å². The summed E-state index contributed by atoms with van der Waals surface area (Å²) < 4.78 is 12.7. The predicted octanol–water partition coefficient (Wildman–Crippen LogP) is 1.63. The van der Waals surface area contributed by atoms with Gasteiger partial charge in [-0.15, -0.1) is 10.2 Å². The first-order chi connectivity index (χ1) is 9.69. The molecule has 5 nitrogen and oxygen atoms in total. The fourth-order valence-corrected chi connectivity index (χ4v) is 1.65. The van der Waals surface area contributed by atoms with E-state index >= 15 is 0 Å². The maximum Gasteiger partial charge on any atom is 0.271 e. The Kier molecular flexibility index (Phi) is 4.60. The molecule has 0 aliphatic heterocycles. The summed E-state index contributed by atoms with van der Waals surface area (Å²) in [5, 5.41) is 13.2. The van der Waals surface area contributed by atoms with E-state index in [2.05, 4.69) is 20.8 Å². The fourth-order valence-electron chi connectivity index (χ4n) is 1.65. The first-order valence-electron chi connectivity index (χ1n) is 6.23. The van der Waals surface area contributed by atoms with Crippen molar-refractivity contribution in [1.82, 2.24) is 15.5 Å². The molecule has 1 heterocycles. The van der Waals surface area contributed by atoms with Crippen LogP contribution in [0.4, 0.5) is 10.2 Å². The van der Waals surface area contributed by atoms with Crippen molar-refractivity contribution >= 4 is 11.7 Å². The fraction of sp³-hybridized carbons (Fsp3) is 0.214. The SMILES string of the molecule is CNc1ccc(C(=O)NCCc2ccc(F)cc2)nn1. The summed E-state index contributed by atoms with van der Waals surface area (Å²) in [4.78, 5) is 11.8. The summed E-state index contributed by atoms with van der Waals surface area (Å²) in [5.41, 5.74) is 1.23. The second-order valence-electron chi connectivity index (χ2n) is 4.19. The van der Waals surface area contributed by atoms with Gasteiger partial charge in [0.15, 0.2) is 5.69 Å². The van der Waals surface area contributed by atoms with Crippen LogP contribution < -0.4 is 10.6 Å². The molecule has 20 heavy (non-hydrogen) atoms. The van der Waals surface area contributed by atoms with Crippen molar-refractivity contribution in [3.63, 3.8) is 0 Å². The Morgan fingerprint density at radius 3 is 2.50 bits per heavy atom. The Hall–Kier alpha value is -2.50. The van der Waals surface area contributed by atoms with Crippen LogP contribution in [0.5, 0.6) is 0 Å². The van der Waals surface area contributed by atoms with Gasteiger partial charge in [0.2, 0.25) is 0 Å². The summed E-state index contributed by atoms with van der Waals surface area (Å²) >= 11 is 0. The van der Waals surface area contributed by atoms with Crippen LogP contribution in [-0.2, 0) is 6.42 Å². The predicted molar refractivity (Wildman–Crippen MR) is 74.0 cm³/mol. The third-order valence-electron chi connectivity index (χ3n) is 2.77. The van der Waals surface area contributed by atoms with Gasteiger partial charge < -0.3 is 10.6 Å². The zero-order valence-corrected chi connectivity index (χ0v) is 11.1. The van der Waals surface area contributed by atoms with Crippen LogP contribution in [0.2, 0.25) is 0 Å². The Bertz CT molecular complexity index is 569. The molecule has 0 aliphatic rings. The quantitative estimate of drug-likeness (QED) is 0.869. The van der Waals surface area contributed by atoms with Crippen LogP contribution in [0.15, 0.2) is 36.4 Å². The molecule has 0 saturated carbocycles. The average Bonchev–Trinajstić information content (AvgIpc) is 2.49. The summed E-state index contributed by atoms with van der Waals surface area (Å²) in [6, 6.07) is 9.48. The van der Waals surface area contributed by atoms with Crippen molar-refractivity contribution in [3.05, 3.63) is 53.5 Å². The number of nitrogens with one attached hydrogen (secondary N) is 2. The Labute approximate surface area is 116 Å². The van der Waals surface area contributed by atoms with Gasteiger partial charge in [-0.3, -0.25) is 4.79 Å². The summed E-state index contributed by atoms with van der Waals surface area (Å²) in [6.07, 6.45) is 0.633. The van der Waals surface area contributed by atoms with Gasteiger partial charge in [-0.2, -0.15) is 0 Å². The van der Waals surface area contributed by atoms with E-state index in [4.69, 9.17) is 0 Å². The molecular formula is C14H15FN4O. The van der Waals surface area contributed by atoms with Crippen molar-refractivity contribution in [2.24, 2.45) is 0 Å². The van der Waals surface area contributed by atoms with Gasteiger partial charge in [0.25, 0.3) is 5.91 Å². The zero-order valence-electron chi connectivity index (χ0n) is 11.1. The molecule has 2 aromatic rings. The normalized spacial score (nSPS) is 10.1. The lowest BCUT2D eigenvalue weighted by Crippen LogP contribution is -2.26. The van der Waals surface area contributed by atoms with Crippen molar-refractivity contribution in [2.75, 3.05) is 18.9 Å². The van der Waals surface area contributed by atoms with Gasteiger partial charge in [0.1, 0.15) is 11.6 Å². The average molecular weight is 274 g/mol. The molecule has 0 radical (unpaired) electrons. The molecule has 1 amide bonds. The molecule has 2 rings (SSSR count). The number of hydrogen-bond donors (Lipinski definition) is 2. The molecule has 0 aliphatic carbocycles. The van der Waals surface area contributed by atoms with E-state index in [-0.39, 0.29) is 17.4 Å². The Morgan fingerprint density at radius 1 is 1.15 bits per heavy atom. The van der Waals surface area contributed by atoms with Gasteiger partial charge in [-0.05, 0) is 36.2 Å². The van der Waals surface area contributed by atoms with Gasteiger partial charge >= 0.3 is 0 Å². The van der Waals surface area contributed by atoms with Crippen LogP contribution >= 0.6 is 0 Å². The van der Waals surface area contributed by atoms with E-state index < -0.39 is 0 Å². The zero-order chi connectivity index (χ0) is 14.4. The van der Waals surface area contributed by atoms with E-state index in [1.807, 2.05) is 0 Å². The summed E-state index contributed by atoms with van der Waals surface area (Å²) in [7, 11) is 1.73. The number of rotatable bonds is 5. The number of nitrogens with zero attached hydrogens (tertiary/aromatic N) is 2. The molecule has 0 unspecified atom stereocenters. The molecule has 0 fully saturated rings. The number of halogens is 1. The highest BCUT2D eigenvalue weighted by molar-refractivity contribution is 5.92. The molecule has 1 aromatic carbocycles. The standard InChI is InChI=1S/C14H15FN4O/c1-16-13-7-6-12(18-19-13)14(20)17-9-8-10-2-4-11(15)5-3-10/h2-7H,8-9H2,1H3,(H,16,19)(H,17,20). The minimum Gasteiger partial charge on any atom is -0.372 e. The van der Waals surface area contributed by atoms with Gasteiger partial charge in [-0.1, -0.05) is 12.1 Å². The van der Waals surface area contributed by atoms with Gasteiger partial charge in [-0.25, -0.2) is 4.39 Å². The highest BCUT2D eigenvalue weighted by atomic mass is 19.1. The van der Waals surface area contributed by atoms with E-state index in [0.717, 1.165) is 5.56 Å². The molecule has 1 aromatic heterocycles. The molecule has 0 atom stereocenters. The van der Waals surface area contributed by atoms with E-state index in [1.165, 1.54) is 12.1 Å². The lowest BCUT2D eigenvalue weighted by molar-refractivity contribution is 0.0948. The minimum atomic E-state index is -0.276. The molecule has 0 spiro atoms. The lowest BCUT2D eigenvalue weighted by Gasteiger charge is -2.05. The van der Waals surface area contributed by atoms with Gasteiger partial charge in [0.05, 0.1) is 0 Å². The highest BCUT2D eigenvalue weighted by Crippen LogP contribution is 2.03. The molecule has 0 saturated heterocycles. The number of anilines is 1. The molecule has 2 N–H and O–H groups in total. The van der Waals surface area contributed by atoms with E-state index in [1.54, 1.807) is 31.3 Å². The monoisotopic (exact) mass is 274 g/mol. The number of carbonyl (C=O) groups is 1. The number of amides is 1. The highest BCUT2D eigenvalue weighted by Gasteiger charge is 2.07. The number of benzene rings is 1. The second kappa shape index (κ2) is 6.60. The molecular weight excluding hydrogens is 259 g/mol. The summed E-state index contributed by atoms with van der Waals surface area (Å²) in [5.74, 6) is 0.0628. The van der Waals surface area contributed by atoms with Crippen LogP contribution in [0.3, 0.4) is 0 Å². The number of hydrogen-bond acceptors (Lipinski definition) is 4. The maximum absolute atomic E-state index is 12.7. The Balaban J connectivity index is 1.83. The molecule has 104 valence electrons. The van der Waals surface area contributed by atoms with Crippen LogP contribution in [0.1, 0.15) is 16.1 Å². The van der Waals surface area contributed by atoms with Crippen LogP contribution in [-0.4, -0.2) is 29.7 Å². The van der Waals surface area contributed by atoms with Crippen LogP contribution in [0, 0.1) is 5.82 Å². The summed E-state index contributed by atoms with van der Waals surface area (Å²) in [6.45, 7) is 0.458. The molecule has 6 heteroatoms. The number of aromatic nitrogens is 2. The van der Waals surface area contributed by atoms with E-state index in [0.29, 0.717) is 18.8 Å². The lowest BCUT2D eigenvalue weighted by atomic mass is 10.1.